The van der Waals surface area contributed by atoms with Crippen LogP contribution < -0.4 is 5.32 Å². The van der Waals surface area contributed by atoms with Gasteiger partial charge in [-0.1, -0.05) is 31.2 Å². The summed E-state index contributed by atoms with van der Waals surface area (Å²) in [7, 11) is 0. The van der Waals surface area contributed by atoms with Crippen molar-refractivity contribution in [2.45, 2.75) is 38.6 Å². The number of nitrogens with one attached hydrogen (secondary N) is 1. The predicted octanol–water partition coefficient (Wildman–Crippen LogP) is 1.38. The maximum Gasteiger partial charge on any atom is 0.334 e. The van der Waals surface area contributed by atoms with Gasteiger partial charge in [-0.25, -0.2) is 9.69 Å². The molecule has 7 heteroatoms. The van der Waals surface area contributed by atoms with Gasteiger partial charge in [0.15, 0.2) is 0 Å². The number of rotatable bonds is 5. The summed E-state index contributed by atoms with van der Waals surface area (Å²) >= 11 is 0. The van der Waals surface area contributed by atoms with Crippen molar-refractivity contribution in [3.05, 3.63) is 35.4 Å². The monoisotopic (exact) mass is 343 g/mol. The van der Waals surface area contributed by atoms with Crippen LogP contribution in [0.15, 0.2) is 24.3 Å². The van der Waals surface area contributed by atoms with Gasteiger partial charge in [-0.2, -0.15) is 0 Å². The lowest BCUT2D eigenvalue weighted by Crippen LogP contribution is -2.43. The molecule has 5 amide bonds. The van der Waals surface area contributed by atoms with E-state index >= 15 is 0 Å². The molecule has 132 valence electrons. The van der Waals surface area contributed by atoms with Gasteiger partial charge < -0.3 is 5.32 Å². The standard InChI is InChI=1S/C18H21N3O4/c1-2-10-20-16(23)17(24)21(18(20)25)11-15(22)19-14-9-5-7-12-6-3-4-8-13(12)14/h3-4,6,8,14H,2,5,7,9-11H2,1H3,(H,19,22)/t14-/m1/s1. The lowest BCUT2D eigenvalue weighted by Gasteiger charge is -2.27. The van der Waals surface area contributed by atoms with Crippen molar-refractivity contribution in [2.75, 3.05) is 13.1 Å². The molecular formula is C18H21N3O4. The van der Waals surface area contributed by atoms with Crippen molar-refractivity contribution in [3.8, 4) is 0 Å². The Labute approximate surface area is 146 Å². The molecule has 25 heavy (non-hydrogen) atoms. The molecule has 7 nitrogen and oxygen atoms in total. The lowest BCUT2D eigenvalue weighted by atomic mass is 9.88. The number of aryl methyl sites for hydroxylation is 1. The van der Waals surface area contributed by atoms with Crippen LogP contribution in [0.2, 0.25) is 0 Å². The predicted molar refractivity (Wildman–Crippen MR) is 89.4 cm³/mol. The fraction of sp³-hybridized carbons (Fsp3) is 0.444. The average molecular weight is 343 g/mol. The molecule has 3 rings (SSSR count). The third-order valence-electron chi connectivity index (χ3n) is 4.59. The minimum atomic E-state index is -0.933. The highest BCUT2D eigenvalue weighted by Crippen LogP contribution is 2.29. The molecule has 0 saturated carbocycles. The second-order valence-corrected chi connectivity index (χ2v) is 6.34. The van der Waals surface area contributed by atoms with E-state index in [1.807, 2.05) is 24.3 Å². The Morgan fingerprint density at radius 1 is 1.16 bits per heavy atom. The van der Waals surface area contributed by atoms with E-state index in [2.05, 4.69) is 5.32 Å². The Morgan fingerprint density at radius 2 is 1.88 bits per heavy atom. The Kier molecular flexibility index (Phi) is 4.83. The lowest BCUT2D eigenvalue weighted by molar-refractivity contribution is -0.144. The molecule has 1 heterocycles. The molecule has 1 atom stereocenters. The quantitative estimate of drug-likeness (QED) is 0.646. The third kappa shape index (κ3) is 3.26. The zero-order valence-corrected chi connectivity index (χ0v) is 14.2. The van der Waals surface area contributed by atoms with Crippen LogP contribution in [0.5, 0.6) is 0 Å². The first-order valence-corrected chi connectivity index (χ1v) is 8.57. The number of fused-ring (bicyclic) bond motifs is 1. The van der Waals surface area contributed by atoms with E-state index in [1.165, 1.54) is 5.56 Å². The second kappa shape index (κ2) is 7.04. The number of hydrogen-bond donors (Lipinski definition) is 1. The largest absolute Gasteiger partial charge is 0.348 e. The molecule has 1 fully saturated rings. The molecule has 1 N–H and O–H groups in total. The topological polar surface area (TPSA) is 86.8 Å². The smallest absolute Gasteiger partial charge is 0.334 e. The molecule has 0 spiro atoms. The summed E-state index contributed by atoms with van der Waals surface area (Å²) in [5.41, 5.74) is 2.28. The van der Waals surface area contributed by atoms with Crippen molar-refractivity contribution in [1.82, 2.24) is 15.1 Å². The van der Waals surface area contributed by atoms with Gasteiger partial charge in [0, 0.05) is 6.54 Å². The first-order valence-electron chi connectivity index (χ1n) is 8.57. The minimum absolute atomic E-state index is 0.132. The first-order chi connectivity index (χ1) is 12.0. The van der Waals surface area contributed by atoms with Crippen molar-refractivity contribution < 1.29 is 19.2 Å². The fourth-order valence-corrected chi connectivity index (χ4v) is 3.40. The summed E-state index contributed by atoms with van der Waals surface area (Å²) in [5, 5.41) is 2.89. The molecule has 0 bridgehead atoms. The van der Waals surface area contributed by atoms with E-state index in [9.17, 15) is 19.2 Å². The van der Waals surface area contributed by atoms with Crippen LogP contribution in [-0.4, -0.2) is 46.6 Å². The minimum Gasteiger partial charge on any atom is -0.348 e. The highest BCUT2D eigenvalue weighted by molar-refractivity contribution is 6.45. The van der Waals surface area contributed by atoms with Crippen LogP contribution in [-0.2, 0) is 20.8 Å². The van der Waals surface area contributed by atoms with Gasteiger partial charge in [-0.3, -0.25) is 19.3 Å². The number of urea groups is 1. The summed E-state index contributed by atoms with van der Waals surface area (Å²) < 4.78 is 0. The maximum atomic E-state index is 12.4. The number of carbonyl (C=O) groups excluding carboxylic acids is 4. The van der Waals surface area contributed by atoms with Crippen LogP contribution in [0.3, 0.4) is 0 Å². The fourth-order valence-electron chi connectivity index (χ4n) is 3.40. The van der Waals surface area contributed by atoms with Crippen molar-refractivity contribution in [2.24, 2.45) is 0 Å². The second-order valence-electron chi connectivity index (χ2n) is 6.34. The normalized spacial score (nSPS) is 20.0. The van der Waals surface area contributed by atoms with Gasteiger partial charge in [-0.05, 0) is 36.8 Å². The summed E-state index contributed by atoms with van der Waals surface area (Å²) in [6.07, 6.45) is 3.31. The van der Waals surface area contributed by atoms with E-state index in [0.717, 1.165) is 34.6 Å². The van der Waals surface area contributed by atoms with Crippen LogP contribution in [0, 0.1) is 0 Å². The third-order valence-corrected chi connectivity index (χ3v) is 4.59. The molecule has 0 unspecified atom stereocenters. The number of hydrogen-bond acceptors (Lipinski definition) is 4. The number of nitrogens with zero attached hydrogens (tertiary/aromatic N) is 2. The van der Waals surface area contributed by atoms with Crippen molar-refractivity contribution >= 4 is 23.8 Å². The summed E-state index contributed by atoms with van der Waals surface area (Å²) in [6, 6.07) is 7.08. The molecule has 0 radical (unpaired) electrons. The zero-order chi connectivity index (χ0) is 18.0. The zero-order valence-electron chi connectivity index (χ0n) is 14.2. The van der Waals surface area contributed by atoms with Crippen LogP contribution in [0.1, 0.15) is 43.4 Å². The molecule has 1 aromatic carbocycles. The number of imide groups is 2. The van der Waals surface area contributed by atoms with Gasteiger partial charge in [0.2, 0.25) is 5.91 Å². The summed E-state index contributed by atoms with van der Waals surface area (Å²) in [5.74, 6) is -2.23. The van der Waals surface area contributed by atoms with E-state index in [4.69, 9.17) is 0 Å². The Bertz CT molecular complexity index is 731. The number of amides is 5. The number of benzene rings is 1. The van der Waals surface area contributed by atoms with Crippen LogP contribution in [0.25, 0.3) is 0 Å². The van der Waals surface area contributed by atoms with Gasteiger partial charge in [-0.15, -0.1) is 0 Å². The Morgan fingerprint density at radius 3 is 2.64 bits per heavy atom. The van der Waals surface area contributed by atoms with E-state index in [0.29, 0.717) is 6.42 Å². The molecule has 1 aromatic rings. The summed E-state index contributed by atoms with van der Waals surface area (Å²) in [6.45, 7) is 1.56. The van der Waals surface area contributed by atoms with Crippen LogP contribution >= 0.6 is 0 Å². The highest BCUT2D eigenvalue weighted by atomic mass is 16.2. The Hall–Kier alpha value is -2.70. The van der Waals surface area contributed by atoms with Gasteiger partial charge in [0.1, 0.15) is 6.54 Å². The van der Waals surface area contributed by atoms with Crippen molar-refractivity contribution in [1.29, 1.82) is 0 Å². The average Bonchev–Trinajstić information content (AvgIpc) is 2.80. The number of carbonyl (C=O) groups is 4. The molecular weight excluding hydrogens is 322 g/mol. The Balaban J connectivity index is 1.67. The van der Waals surface area contributed by atoms with E-state index < -0.39 is 30.3 Å². The van der Waals surface area contributed by atoms with Gasteiger partial charge >= 0.3 is 17.8 Å². The highest BCUT2D eigenvalue weighted by Gasteiger charge is 2.44. The molecule has 2 aliphatic rings. The molecule has 1 aliphatic heterocycles. The van der Waals surface area contributed by atoms with Crippen molar-refractivity contribution in [3.63, 3.8) is 0 Å². The van der Waals surface area contributed by atoms with E-state index in [-0.39, 0.29) is 12.6 Å². The molecule has 0 aromatic heterocycles. The van der Waals surface area contributed by atoms with Gasteiger partial charge in [0.25, 0.3) is 0 Å². The van der Waals surface area contributed by atoms with E-state index in [1.54, 1.807) is 6.92 Å². The first kappa shape index (κ1) is 17.1. The molecule has 1 aliphatic carbocycles. The van der Waals surface area contributed by atoms with Crippen LogP contribution in [0.4, 0.5) is 4.79 Å². The SMILES string of the molecule is CCCN1C(=O)C(=O)N(CC(=O)N[C@@H]2CCCc3ccccc32)C1=O. The summed E-state index contributed by atoms with van der Waals surface area (Å²) in [4.78, 5) is 49.9. The maximum absolute atomic E-state index is 12.4. The van der Waals surface area contributed by atoms with Gasteiger partial charge in [0.05, 0.1) is 6.04 Å². The molecule has 1 saturated heterocycles.